The first kappa shape index (κ1) is 16.2. The van der Waals surface area contributed by atoms with E-state index >= 15 is 0 Å². The maximum atomic E-state index is 11.0. The summed E-state index contributed by atoms with van der Waals surface area (Å²) in [4.78, 5) is 22.5. The fourth-order valence-electron chi connectivity index (χ4n) is 2.40. The zero-order valence-electron chi connectivity index (χ0n) is 13.4. The van der Waals surface area contributed by atoms with Crippen LogP contribution in [0.2, 0.25) is 0 Å². The van der Waals surface area contributed by atoms with Crippen LogP contribution in [-0.4, -0.2) is 20.9 Å². The summed E-state index contributed by atoms with van der Waals surface area (Å²) in [6.45, 7) is 1.49. The maximum Gasteiger partial charge on any atom is 0.223 e. The van der Waals surface area contributed by atoms with E-state index in [1.165, 1.54) is 29.4 Å². The summed E-state index contributed by atoms with van der Waals surface area (Å²) in [5.74, 6) is 0.355. The topological polar surface area (TPSA) is 96.7 Å². The fraction of sp³-hybridized carbons (Fsp3) is 0.235. The lowest BCUT2D eigenvalue weighted by atomic mass is 10.0. The number of hydrogen-bond donors (Lipinski definition) is 3. The minimum absolute atomic E-state index is 0.0924. The summed E-state index contributed by atoms with van der Waals surface area (Å²) < 4.78 is 0. The quantitative estimate of drug-likeness (QED) is 0.642. The SMILES string of the molecule is CC(=O)Nc1nc(CCc2ccc(Cc3c[nH]c(N)n3)cc2)cs1. The minimum atomic E-state index is -0.0924. The number of hydrogen-bond acceptors (Lipinski definition) is 5. The largest absolute Gasteiger partial charge is 0.369 e. The van der Waals surface area contributed by atoms with Crippen LogP contribution in [0.15, 0.2) is 35.8 Å². The molecule has 1 amide bonds. The molecule has 124 valence electrons. The predicted molar refractivity (Wildman–Crippen MR) is 96.1 cm³/mol. The van der Waals surface area contributed by atoms with Gasteiger partial charge < -0.3 is 16.0 Å². The van der Waals surface area contributed by atoms with E-state index in [1.807, 2.05) is 11.6 Å². The Morgan fingerprint density at radius 2 is 1.92 bits per heavy atom. The van der Waals surface area contributed by atoms with E-state index in [0.717, 1.165) is 30.7 Å². The first-order valence-electron chi connectivity index (χ1n) is 7.68. The van der Waals surface area contributed by atoms with Gasteiger partial charge >= 0.3 is 0 Å². The van der Waals surface area contributed by atoms with Gasteiger partial charge in [-0.15, -0.1) is 11.3 Å². The maximum absolute atomic E-state index is 11.0. The monoisotopic (exact) mass is 341 g/mol. The van der Waals surface area contributed by atoms with Gasteiger partial charge in [-0.25, -0.2) is 9.97 Å². The number of nitrogens with zero attached hydrogens (tertiary/aromatic N) is 2. The van der Waals surface area contributed by atoms with Crippen molar-refractivity contribution < 1.29 is 4.79 Å². The van der Waals surface area contributed by atoms with Gasteiger partial charge in [-0.05, 0) is 24.0 Å². The number of H-pyrrole nitrogens is 1. The molecule has 2 heterocycles. The number of benzene rings is 1. The highest BCUT2D eigenvalue weighted by Crippen LogP contribution is 2.17. The summed E-state index contributed by atoms with van der Waals surface area (Å²) in [5, 5.41) is 5.35. The molecular formula is C17H19N5OS. The van der Waals surface area contributed by atoms with Crippen molar-refractivity contribution in [3.05, 3.63) is 58.4 Å². The highest BCUT2D eigenvalue weighted by Gasteiger charge is 2.05. The minimum Gasteiger partial charge on any atom is -0.369 e. The molecule has 0 radical (unpaired) electrons. The molecular weight excluding hydrogens is 322 g/mol. The van der Waals surface area contributed by atoms with Crippen LogP contribution in [0.25, 0.3) is 0 Å². The molecule has 0 aliphatic rings. The van der Waals surface area contributed by atoms with Gasteiger partial charge in [0.05, 0.1) is 11.4 Å². The Hall–Kier alpha value is -2.67. The first-order chi connectivity index (χ1) is 11.6. The fourth-order valence-corrected chi connectivity index (χ4v) is 3.19. The second-order valence-electron chi connectivity index (χ2n) is 5.60. The molecule has 0 saturated heterocycles. The van der Waals surface area contributed by atoms with Gasteiger partial charge in [0, 0.05) is 24.9 Å². The molecule has 1 aromatic carbocycles. The Balaban J connectivity index is 1.54. The van der Waals surface area contributed by atoms with Gasteiger partial charge in [0.2, 0.25) is 5.91 Å². The van der Waals surface area contributed by atoms with Gasteiger partial charge in [0.25, 0.3) is 0 Å². The number of carbonyl (C=O) groups excluding carboxylic acids is 1. The summed E-state index contributed by atoms with van der Waals surface area (Å²) in [5.41, 5.74) is 9.98. The lowest BCUT2D eigenvalue weighted by Gasteiger charge is -2.02. The summed E-state index contributed by atoms with van der Waals surface area (Å²) in [7, 11) is 0. The van der Waals surface area contributed by atoms with Crippen molar-refractivity contribution in [1.29, 1.82) is 0 Å². The molecule has 7 heteroatoms. The van der Waals surface area contributed by atoms with Gasteiger partial charge in [-0.3, -0.25) is 4.79 Å². The normalized spacial score (nSPS) is 10.7. The van der Waals surface area contributed by atoms with Gasteiger partial charge in [0.1, 0.15) is 0 Å². The number of amides is 1. The molecule has 3 rings (SSSR count). The van der Waals surface area contributed by atoms with Crippen LogP contribution < -0.4 is 11.1 Å². The van der Waals surface area contributed by atoms with Gasteiger partial charge in [-0.2, -0.15) is 0 Å². The van der Waals surface area contributed by atoms with E-state index < -0.39 is 0 Å². The van der Waals surface area contributed by atoms with Crippen LogP contribution in [0.4, 0.5) is 11.1 Å². The highest BCUT2D eigenvalue weighted by molar-refractivity contribution is 7.13. The van der Waals surface area contributed by atoms with Crippen molar-refractivity contribution in [2.75, 3.05) is 11.1 Å². The molecule has 6 nitrogen and oxygen atoms in total. The van der Waals surface area contributed by atoms with Crippen molar-refractivity contribution >= 4 is 28.3 Å². The van der Waals surface area contributed by atoms with Crippen LogP contribution in [0.1, 0.15) is 29.4 Å². The van der Waals surface area contributed by atoms with E-state index in [4.69, 9.17) is 5.73 Å². The van der Waals surface area contributed by atoms with Gasteiger partial charge in [0.15, 0.2) is 11.1 Å². The van der Waals surface area contributed by atoms with Crippen molar-refractivity contribution in [1.82, 2.24) is 15.0 Å². The number of aromatic amines is 1. The molecule has 2 aromatic heterocycles. The number of nitrogens with one attached hydrogen (secondary N) is 2. The average molecular weight is 341 g/mol. The number of nitrogens with two attached hydrogens (primary N) is 1. The first-order valence-corrected chi connectivity index (χ1v) is 8.56. The van der Waals surface area contributed by atoms with Gasteiger partial charge in [-0.1, -0.05) is 24.3 Å². The third kappa shape index (κ3) is 4.42. The number of anilines is 2. The second kappa shape index (κ2) is 7.27. The van der Waals surface area contributed by atoms with Crippen molar-refractivity contribution in [3.8, 4) is 0 Å². The number of imidazole rings is 1. The van der Waals surface area contributed by atoms with Crippen LogP contribution in [0.5, 0.6) is 0 Å². The van der Waals surface area contributed by atoms with Crippen LogP contribution >= 0.6 is 11.3 Å². The van der Waals surface area contributed by atoms with E-state index in [9.17, 15) is 4.79 Å². The summed E-state index contributed by atoms with van der Waals surface area (Å²) in [6.07, 6.45) is 4.36. The number of nitrogen functional groups attached to an aromatic ring is 1. The Morgan fingerprint density at radius 3 is 2.58 bits per heavy atom. The van der Waals surface area contributed by atoms with E-state index in [2.05, 4.69) is 44.5 Å². The van der Waals surface area contributed by atoms with E-state index in [1.54, 1.807) is 0 Å². The Morgan fingerprint density at radius 1 is 1.17 bits per heavy atom. The zero-order valence-corrected chi connectivity index (χ0v) is 14.2. The van der Waals surface area contributed by atoms with E-state index in [0.29, 0.717) is 11.1 Å². The van der Waals surface area contributed by atoms with Crippen LogP contribution in [0.3, 0.4) is 0 Å². The standard InChI is InChI=1S/C17H19N5OS/c1-11(23)20-17-22-14(10-24-17)7-6-12-2-4-13(5-3-12)8-15-9-19-16(18)21-15/h2-5,9-10H,6-8H2,1H3,(H3,18,19,21)(H,20,22,23). The predicted octanol–water partition coefficient (Wildman–Crippen LogP) is 2.78. The summed E-state index contributed by atoms with van der Waals surface area (Å²) in [6, 6.07) is 8.49. The number of thiazole rings is 1. The second-order valence-corrected chi connectivity index (χ2v) is 6.45. The summed E-state index contributed by atoms with van der Waals surface area (Å²) >= 11 is 1.46. The van der Waals surface area contributed by atoms with Crippen molar-refractivity contribution in [2.24, 2.45) is 0 Å². The molecule has 0 aliphatic heterocycles. The lowest BCUT2D eigenvalue weighted by molar-refractivity contribution is -0.114. The van der Waals surface area contributed by atoms with Crippen LogP contribution in [-0.2, 0) is 24.1 Å². The van der Waals surface area contributed by atoms with Crippen molar-refractivity contribution in [3.63, 3.8) is 0 Å². The molecule has 0 atom stereocenters. The molecule has 3 aromatic rings. The van der Waals surface area contributed by atoms with Crippen LogP contribution in [0, 0.1) is 0 Å². The highest BCUT2D eigenvalue weighted by atomic mass is 32.1. The molecule has 0 bridgehead atoms. The molecule has 0 fully saturated rings. The Bertz CT molecular complexity index is 822. The molecule has 24 heavy (non-hydrogen) atoms. The smallest absolute Gasteiger partial charge is 0.223 e. The molecule has 0 unspecified atom stereocenters. The Kier molecular flexibility index (Phi) is 4.90. The zero-order chi connectivity index (χ0) is 16.9. The molecule has 0 aliphatic carbocycles. The average Bonchev–Trinajstić information content (AvgIpc) is 3.15. The number of rotatable bonds is 6. The Labute approximate surface area is 144 Å². The van der Waals surface area contributed by atoms with E-state index in [-0.39, 0.29) is 5.91 Å². The number of aryl methyl sites for hydroxylation is 2. The lowest BCUT2D eigenvalue weighted by Crippen LogP contribution is -2.05. The molecule has 0 spiro atoms. The third-order valence-corrected chi connectivity index (χ3v) is 4.37. The third-order valence-electron chi connectivity index (χ3n) is 3.56. The number of carbonyl (C=O) groups is 1. The van der Waals surface area contributed by atoms with Crippen molar-refractivity contribution in [2.45, 2.75) is 26.2 Å². The molecule has 0 saturated carbocycles. The molecule has 4 N–H and O–H groups in total. The number of aromatic nitrogens is 3.